The SMILES string of the molecule is NC(=O)NC(=O)CN1CCC(Cc2nc3ccccc3[nH]2)CC1. The highest BCUT2D eigenvalue weighted by atomic mass is 16.2. The summed E-state index contributed by atoms with van der Waals surface area (Å²) < 4.78 is 0. The van der Waals surface area contributed by atoms with E-state index >= 15 is 0 Å². The molecule has 3 amide bonds. The zero-order valence-corrected chi connectivity index (χ0v) is 12.9. The first kappa shape index (κ1) is 15.5. The predicted molar refractivity (Wildman–Crippen MR) is 86.7 cm³/mol. The molecule has 0 radical (unpaired) electrons. The van der Waals surface area contributed by atoms with Gasteiger partial charge in [0, 0.05) is 6.42 Å². The van der Waals surface area contributed by atoms with Crippen molar-refractivity contribution in [3.8, 4) is 0 Å². The van der Waals surface area contributed by atoms with Crippen LogP contribution in [0.15, 0.2) is 24.3 Å². The number of urea groups is 1. The standard InChI is InChI=1S/C16H21N5O2/c17-16(23)20-15(22)10-21-7-5-11(6-8-21)9-14-18-12-3-1-2-4-13(12)19-14/h1-4,11H,5-10H2,(H,18,19)(H3,17,20,22,23). The Bertz CT molecular complexity index is 670. The minimum Gasteiger partial charge on any atom is -0.351 e. The molecule has 1 aliphatic rings. The van der Waals surface area contributed by atoms with Gasteiger partial charge in [0.25, 0.3) is 0 Å². The quantitative estimate of drug-likeness (QED) is 0.783. The maximum Gasteiger partial charge on any atom is 0.318 e. The van der Waals surface area contributed by atoms with E-state index in [9.17, 15) is 9.59 Å². The number of primary amides is 1. The topological polar surface area (TPSA) is 104 Å². The number of carbonyl (C=O) groups excluding carboxylic acids is 2. The first-order chi connectivity index (χ1) is 11.1. The highest BCUT2D eigenvalue weighted by Gasteiger charge is 2.22. The fourth-order valence-corrected chi connectivity index (χ4v) is 3.10. The second-order valence-electron chi connectivity index (χ2n) is 6.04. The van der Waals surface area contributed by atoms with Gasteiger partial charge in [-0.05, 0) is 44.0 Å². The number of amides is 3. The Morgan fingerprint density at radius 3 is 2.74 bits per heavy atom. The summed E-state index contributed by atoms with van der Waals surface area (Å²) in [6, 6.07) is 7.23. The van der Waals surface area contributed by atoms with Gasteiger partial charge in [-0.2, -0.15) is 0 Å². The maximum absolute atomic E-state index is 11.5. The Morgan fingerprint density at radius 1 is 1.30 bits per heavy atom. The molecule has 1 saturated heterocycles. The van der Waals surface area contributed by atoms with Crippen LogP contribution in [0.2, 0.25) is 0 Å². The van der Waals surface area contributed by atoms with Crippen LogP contribution in [-0.4, -0.2) is 46.4 Å². The van der Waals surface area contributed by atoms with Crippen molar-refractivity contribution in [3.05, 3.63) is 30.1 Å². The molecule has 7 heteroatoms. The molecule has 7 nitrogen and oxygen atoms in total. The Morgan fingerprint density at radius 2 is 2.04 bits per heavy atom. The van der Waals surface area contributed by atoms with Crippen molar-refractivity contribution in [3.63, 3.8) is 0 Å². The monoisotopic (exact) mass is 315 g/mol. The van der Waals surface area contributed by atoms with E-state index < -0.39 is 6.03 Å². The minimum absolute atomic E-state index is 0.223. The summed E-state index contributed by atoms with van der Waals surface area (Å²) in [5.41, 5.74) is 7.01. The number of H-pyrrole nitrogens is 1. The van der Waals surface area contributed by atoms with Crippen molar-refractivity contribution in [2.75, 3.05) is 19.6 Å². The van der Waals surface area contributed by atoms with Gasteiger partial charge >= 0.3 is 6.03 Å². The molecule has 0 bridgehead atoms. The highest BCUT2D eigenvalue weighted by Crippen LogP contribution is 2.21. The third-order valence-electron chi connectivity index (χ3n) is 4.26. The average molecular weight is 315 g/mol. The number of aromatic nitrogens is 2. The maximum atomic E-state index is 11.5. The third kappa shape index (κ3) is 4.07. The molecule has 0 saturated carbocycles. The number of imide groups is 1. The Balaban J connectivity index is 1.49. The normalized spacial score (nSPS) is 16.5. The molecular weight excluding hydrogens is 294 g/mol. The van der Waals surface area contributed by atoms with Crippen molar-refractivity contribution in [1.29, 1.82) is 0 Å². The number of carbonyl (C=O) groups is 2. The van der Waals surface area contributed by atoms with Gasteiger partial charge in [0.15, 0.2) is 0 Å². The largest absolute Gasteiger partial charge is 0.351 e. The average Bonchev–Trinajstić information content (AvgIpc) is 2.90. The van der Waals surface area contributed by atoms with Gasteiger partial charge < -0.3 is 10.7 Å². The first-order valence-electron chi connectivity index (χ1n) is 7.85. The van der Waals surface area contributed by atoms with Crippen LogP contribution in [0.4, 0.5) is 4.79 Å². The number of hydrogen-bond acceptors (Lipinski definition) is 4. The van der Waals surface area contributed by atoms with Crippen LogP contribution < -0.4 is 11.1 Å². The predicted octanol–water partition coefficient (Wildman–Crippen LogP) is 1.01. The summed E-state index contributed by atoms with van der Waals surface area (Å²) in [7, 11) is 0. The number of imidazole rings is 1. The van der Waals surface area contributed by atoms with E-state index in [1.807, 2.05) is 29.2 Å². The number of piperidine rings is 1. The number of fused-ring (bicyclic) bond motifs is 1. The van der Waals surface area contributed by atoms with Gasteiger partial charge in [-0.3, -0.25) is 15.0 Å². The van der Waals surface area contributed by atoms with Gasteiger partial charge in [-0.15, -0.1) is 0 Å². The number of hydrogen-bond donors (Lipinski definition) is 3. The summed E-state index contributed by atoms with van der Waals surface area (Å²) in [5.74, 6) is 1.25. The van der Waals surface area contributed by atoms with Gasteiger partial charge in [-0.1, -0.05) is 12.1 Å². The smallest absolute Gasteiger partial charge is 0.318 e. The molecule has 4 N–H and O–H groups in total. The van der Waals surface area contributed by atoms with E-state index in [4.69, 9.17) is 5.73 Å². The molecule has 1 fully saturated rings. The van der Waals surface area contributed by atoms with Crippen molar-refractivity contribution in [2.24, 2.45) is 11.7 Å². The van der Waals surface area contributed by atoms with E-state index in [0.717, 1.165) is 49.2 Å². The van der Waals surface area contributed by atoms with Crippen LogP contribution in [-0.2, 0) is 11.2 Å². The lowest BCUT2D eigenvalue weighted by Gasteiger charge is -2.30. The first-order valence-corrected chi connectivity index (χ1v) is 7.85. The third-order valence-corrected chi connectivity index (χ3v) is 4.26. The summed E-state index contributed by atoms with van der Waals surface area (Å²) in [4.78, 5) is 32.2. The number of benzene rings is 1. The van der Waals surface area contributed by atoms with Crippen LogP contribution in [0, 0.1) is 5.92 Å². The Kier molecular flexibility index (Phi) is 4.57. The van der Waals surface area contributed by atoms with Crippen LogP contribution >= 0.6 is 0 Å². The number of nitrogens with two attached hydrogens (primary N) is 1. The molecule has 0 aliphatic carbocycles. The van der Waals surface area contributed by atoms with Gasteiger partial charge in [-0.25, -0.2) is 9.78 Å². The summed E-state index contributed by atoms with van der Waals surface area (Å²) in [5, 5.41) is 2.10. The number of aromatic amines is 1. The molecular formula is C16H21N5O2. The molecule has 3 rings (SSSR count). The molecule has 23 heavy (non-hydrogen) atoms. The second-order valence-corrected chi connectivity index (χ2v) is 6.04. The van der Waals surface area contributed by atoms with Crippen LogP contribution in [0.25, 0.3) is 11.0 Å². The molecule has 0 unspecified atom stereocenters. The van der Waals surface area contributed by atoms with Crippen molar-refractivity contribution in [2.45, 2.75) is 19.3 Å². The summed E-state index contributed by atoms with van der Waals surface area (Å²) in [6.45, 7) is 1.91. The van der Waals surface area contributed by atoms with Crippen molar-refractivity contribution < 1.29 is 9.59 Å². The van der Waals surface area contributed by atoms with Crippen molar-refractivity contribution in [1.82, 2.24) is 20.2 Å². The lowest BCUT2D eigenvalue weighted by atomic mass is 9.93. The molecule has 2 heterocycles. The molecule has 0 atom stereocenters. The Hall–Kier alpha value is -2.41. The van der Waals surface area contributed by atoms with E-state index in [2.05, 4.69) is 15.3 Å². The Labute approximate surface area is 134 Å². The van der Waals surface area contributed by atoms with Crippen LogP contribution in [0.5, 0.6) is 0 Å². The van der Waals surface area contributed by atoms with E-state index in [0.29, 0.717) is 5.92 Å². The van der Waals surface area contributed by atoms with E-state index in [-0.39, 0.29) is 12.5 Å². The number of para-hydroxylation sites is 2. The molecule has 122 valence electrons. The molecule has 1 aromatic heterocycles. The summed E-state index contributed by atoms with van der Waals surface area (Å²) in [6.07, 6.45) is 2.96. The molecule has 1 aromatic carbocycles. The zero-order chi connectivity index (χ0) is 16.2. The van der Waals surface area contributed by atoms with Crippen LogP contribution in [0.3, 0.4) is 0 Å². The van der Waals surface area contributed by atoms with E-state index in [1.54, 1.807) is 0 Å². The summed E-state index contributed by atoms with van der Waals surface area (Å²) >= 11 is 0. The highest BCUT2D eigenvalue weighted by molar-refractivity contribution is 5.94. The number of rotatable bonds is 4. The lowest BCUT2D eigenvalue weighted by molar-refractivity contribution is -0.121. The van der Waals surface area contributed by atoms with Gasteiger partial charge in [0.2, 0.25) is 5.91 Å². The number of nitrogens with one attached hydrogen (secondary N) is 2. The number of nitrogens with zero attached hydrogens (tertiary/aromatic N) is 2. The van der Waals surface area contributed by atoms with Crippen molar-refractivity contribution >= 4 is 23.0 Å². The molecule has 2 aromatic rings. The zero-order valence-electron chi connectivity index (χ0n) is 12.9. The second kappa shape index (κ2) is 6.78. The molecule has 1 aliphatic heterocycles. The minimum atomic E-state index is -0.797. The fourth-order valence-electron chi connectivity index (χ4n) is 3.10. The number of likely N-dealkylation sites (tertiary alicyclic amines) is 1. The molecule has 0 spiro atoms. The van der Waals surface area contributed by atoms with E-state index in [1.165, 1.54) is 0 Å². The van der Waals surface area contributed by atoms with Gasteiger partial charge in [0.05, 0.1) is 17.6 Å². The van der Waals surface area contributed by atoms with Crippen LogP contribution in [0.1, 0.15) is 18.7 Å². The lowest BCUT2D eigenvalue weighted by Crippen LogP contribution is -2.44. The fraction of sp³-hybridized carbons (Fsp3) is 0.438. The van der Waals surface area contributed by atoms with Gasteiger partial charge in [0.1, 0.15) is 5.82 Å².